The molecule has 1 aliphatic carbocycles. The van der Waals surface area contributed by atoms with Crippen molar-refractivity contribution in [3.63, 3.8) is 0 Å². The molecule has 1 aliphatic rings. The van der Waals surface area contributed by atoms with Crippen LogP contribution in [0, 0.1) is 0 Å². The summed E-state index contributed by atoms with van der Waals surface area (Å²) in [4.78, 5) is 15.9. The average Bonchev–Trinajstić information content (AvgIpc) is 3.07. The minimum absolute atomic E-state index is 0. The molecule has 114 valence electrons. The average molecular weight is 313 g/mol. The Morgan fingerprint density at radius 2 is 2.29 bits per heavy atom. The fraction of sp³-hybridized carbons (Fsp3) is 0.462. The second-order valence-electron chi connectivity index (χ2n) is 5.00. The minimum Gasteiger partial charge on any atom is -0.459 e. The van der Waals surface area contributed by atoms with Crippen molar-refractivity contribution >= 4 is 18.3 Å². The molecule has 0 saturated heterocycles. The van der Waals surface area contributed by atoms with Crippen LogP contribution < -0.4 is 11.1 Å². The Labute approximate surface area is 127 Å². The number of aromatic nitrogens is 2. The van der Waals surface area contributed by atoms with E-state index >= 15 is 0 Å². The molecule has 1 fully saturated rings. The van der Waals surface area contributed by atoms with E-state index in [0.29, 0.717) is 24.7 Å². The van der Waals surface area contributed by atoms with Gasteiger partial charge in [-0.3, -0.25) is 4.79 Å². The first-order valence-corrected chi connectivity index (χ1v) is 6.61. The molecule has 2 aromatic rings. The molecule has 0 atom stereocenters. The lowest BCUT2D eigenvalue weighted by Gasteiger charge is -2.34. The highest BCUT2D eigenvalue weighted by Gasteiger charge is 2.38. The lowest BCUT2D eigenvalue weighted by atomic mass is 9.77. The maximum atomic E-state index is 11.6. The van der Waals surface area contributed by atoms with Crippen LogP contribution in [0.2, 0.25) is 0 Å². The van der Waals surface area contributed by atoms with E-state index < -0.39 is 5.54 Å². The summed E-state index contributed by atoms with van der Waals surface area (Å²) < 4.78 is 10.1. The quantitative estimate of drug-likeness (QED) is 0.864. The van der Waals surface area contributed by atoms with E-state index in [-0.39, 0.29) is 24.1 Å². The molecule has 2 heterocycles. The van der Waals surface area contributed by atoms with Crippen LogP contribution in [0.3, 0.4) is 0 Å². The molecule has 0 radical (unpaired) electrons. The van der Waals surface area contributed by atoms with Crippen molar-refractivity contribution in [3.05, 3.63) is 35.9 Å². The van der Waals surface area contributed by atoms with Gasteiger partial charge in [0.1, 0.15) is 0 Å². The van der Waals surface area contributed by atoms with Gasteiger partial charge in [0.15, 0.2) is 11.6 Å². The third kappa shape index (κ3) is 3.25. The highest BCUT2D eigenvalue weighted by atomic mass is 35.5. The topological polar surface area (TPSA) is 107 Å². The number of hydrogen-bond donors (Lipinski definition) is 2. The zero-order chi connectivity index (χ0) is 14.0. The number of hydrogen-bond acceptors (Lipinski definition) is 6. The normalized spacial score (nSPS) is 15.9. The van der Waals surface area contributed by atoms with Gasteiger partial charge in [0.2, 0.25) is 5.89 Å². The largest absolute Gasteiger partial charge is 0.459 e. The number of carbonyl (C=O) groups is 1. The Bertz CT molecular complexity index is 592. The maximum Gasteiger partial charge on any atom is 0.286 e. The van der Waals surface area contributed by atoms with Crippen LogP contribution in [0.25, 0.3) is 0 Å². The van der Waals surface area contributed by atoms with Crippen LogP contribution in [0.15, 0.2) is 27.3 Å². The maximum absolute atomic E-state index is 11.6. The Kier molecular flexibility index (Phi) is 4.64. The minimum atomic E-state index is -0.417. The highest BCUT2D eigenvalue weighted by Crippen LogP contribution is 2.36. The van der Waals surface area contributed by atoms with E-state index in [1.54, 1.807) is 12.1 Å². The van der Waals surface area contributed by atoms with Crippen molar-refractivity contribution in [2.45, 2.75) is 31.2 Å². The van der Waals surface area contributed by atoms with Gasteiger partial charge < -0.3 is 20.0 Å². The van der Waals surface area contributed by atoms with E-state index in [4.69, 9.17) is 14.7 Å². The summed E-state index contributed by atoms with van der Waals surface area (Å²) >= 11 is 0. The molecule has 3 rings (SSSR count). The van der Waals surface area contributed by atoms with Gasteiger partial charge in [-0.05, 0) is 31.4 Å². The summed E-state index contributed by atoms with van der Waals surface area (Å²) in [6, 6.07) is 3.27. The van der Waals surface area contributed by atoms with Crippen LogP contribution >= 0.6 is 12.4 Å². The van der Waals surface area contributed by atoms with Crippen molar-refractivity contribution in [3.8, 4) is 0 Å². The lowest BCUT2D eigenvalue weighted by molar-refractivity contribution is 0.0925. The van der Waals surface area contributed by atoms with Crippen molar-refractivity contribution in [2.24, 2.45) is 5.73 Å². The van der Waals surface area contributed by atoms with Crippen molar-refractivity contribution in [1.82, 2.24) is 15.5 Å². The molecular weight excluding hydrogens is 296 g/mol. The predicted octanol–water partition coefficient (Wildman–Crippen LogP) is 1.39. The van der Waals surface area contributed by atoms with Crippen LogP contribution in [-0.2, 0) is 12.0 Å². The van der Waals surface area contributed by atoms with E-state index in [2.05, 4.69) is 15.5 Å². The predicted molar refractivity (Wildman–Crippen MR) is 76.0 cm³/mol. The van der Waals surface area contributed by atoms with Gasteiger partial charge in [0.05, 0.1) is 11.8 Å². The number of amides is 1. The smallest absolute Gasteiger partial charge is 0.286 e. The number of nitrogens with one attached hydrogen (secondary N) is 1. The third-order valence-electron chi connectivity index (χ3n) is 3.53. The van der Waals surface area contributed by atoms with Gasteiger partial charge in [0.25, 0.3) is 5.91 Å². The molecule has 0 bridgehead atoms. The summed E-state index contributed by atoms with van der Waals surface area (Å²) in [5.41, 5.74) is 5.69. The summed E-state index contributed by atoms with van der Waals surface area (Å²) in [6.45, 7) is 0.402. The summed E-state index contributed by atoms with van der Waals surface area (Å²) in [7, 11) is 0. The first kappa shape index (κ1) is 15.5. The fourth-order valence-electron chi connectivity index (χ4n) is 2.12. The Balaban J connectivity index is 0.00000161. The van der Waals surface area contributed by atoms with Gasteiger partial charge in [-0.2, -0.15) is 4.98 Å². The monoisotopic (exact) mass is 312 g/mol. The molecule has 0 unspecified atom stereocenters. The molecule has 21 heavy (non-hydrogen) atoms. The van der Waals surface area contributed by atoms with Crippen LogP contribution in [0.5, 0.6) is 0 Å². The summed E-state index contributed by atoms with van der Waals surface area (Å²) in [5, 5.41) is 6.63. The zero-order valence-electron chi connectivity index (χ0n) is 11.4. The number of carbonyl (C=O) groups excluding carboxylic acids is 1. The number of nitrogens with two attached hydrogens (primary N) is 1. The molecule has 0 aliphatic heterocycles. The van der Waals surface area contributed by atoms with Crippen molar-refractivity contribution in [2.75, 3.05) is 6.54 Å². The Morgan fingerprint density at radius 3 is 2.90 bits per heavy atom. The van der Waals surface area contributed by atoms with E-state index in [0.717, 1.165) is 19.3 Å². The number of rotatable bonds is 5. The van der Waals surface area contributed by atoms with Crippen molar-refractivity contribution < 1.29 is 13.7 Å². The second-order valence-corrected chi connectivity index (χ2v) is 5.00. The van der Waals surface area contributed by atoms with Crippen LogP contribution in [0.4, 0.5) is 0 Å². The Morgan fingerprint density at radius 1 is 1.48 bits per heavy atom. The molecular formula is C13H17ClN4O3. The molecule has 1 amide bonds. The summed E-state index contributed by atoms with van der Waals surface area (Å²) in [5.74, 6) is 1.07. The first-order chi connectivity index (χ1) is 9.67. The van der Waals surface area contributed by atoms with Gasteiger partial charge in [0, 0.05) is 13.0 Å². The van der Waals surface area contributed by atoms with Gasteiger partial charge in [-0.1, -0.05) is 5.16 Å². The zero-order valence-corrected chi connectivity index (χ0v) is 12.2. The van der Waals surface area contributed by atoms with Crippen LogP contribution in [-0.4, -0.2) is 22.6 Å². The molecule has 0 aromatic carbocycles. The first-order valence-electron chi connectivity index (χ1n) is 6.61. The fourth-order valence-corrected chi connectivity index (χ4v) is 2.12. The molecule has 3 N–H and O–H groups in total. The van der Waals surface area contributed by atoms with E-state index in [1.165, 1.54) is 6.26 Å². The van der Waals surface area contributed by atoms with E-state index in [9.17, 15) is 4.79 Å². The third-order valence-corrected chi connectivity index (χ3v) is 3.53. The second kappa shape index (κ2) is 6.28. The molecule has 2 aromatic heterocycles. The van der Waals surface area contributed by atoms with Crippen molar-refractivity contribution in [1.29, 1.82) is 0 Å². The van der Waals surface area contributed by atoms with Gasteiger partial charge in [-0.25, -0.2) is 0 Å². The summed E-state index contributed by atoms with van der Waals surface area (Å²) in [6.07, 6.45) is 4.80. The number of nitrogens with zero attached hydrogens (tertiary/aromatic N) is 2. The number of halogens is 1. The SMILES string of the molecule is Cl.NC1(c2noc(CCNC(=O)c3ccco3)n2)CCC1. The molecule has 0 spiro atoms. The molecule has 1 saturated carbocycles. The van der Waals surface area contributed by atoms with E-state index in [1.807, 2.05) is 0 Å². The molecule has 7 nitrogen and oxygen atoms in total. The van der Waals surface area contributed by atoms with Gasteiger partial charge in [-0.15, -0.1) is 12.4 Å². The van der Waals surface area contributed by atoms with Gasteiger partial charge >= 0.3 is 0 Å². The highest BCUT2D eigenvalue weighted by molar-refractivity contribution is 5.91. The lowest BCUT2D eigenvalue weighted by Crippen LogP contribution is -2.44. The number of furan rings is 1. The molecule has 8 heteroatoms. The van der Waals surface area contributed by atoms with Crippen LogP contribution in [0.1, 0.15) is 41.5 Å². The standard InChI is InChI=1S/C13H16N4O3.ClH/c14-13(5-2-6-13)12-16-10(20-17-12)4-7-15-11(18)9-3-1-8-19-9;/h1,3,8H,2,4-7,14H2,(H,15,18);1H. The Hall–Kier alpha value is -1.86.